The average Bonchev–Trinajstić information content (AvgIpc) is 2.71. The van der Waals surface area contributed by atoms with E-state index in [0.717, 1.165) is 0 Å². The summed E-state index contributed by atoms with van der Waals surface area (Å²) >= 11 is 0. The molecule has 4 N–H and O–H groups in total. The van der Waals surface area contributed by atoms with Gasteiger partial charge in [-0.15, -0.1) is 0 Å². The summed E-state index contributed by atoms with van der Waals surface area (Å²) in [6.45, 7) is 4.89. The topological polar surface area (TPSA) is 132 Å². The van der Waals surface area contributed by atoms with Crippen LogP contribution in [0.4, 0.5) is 0 Å². The second-order valence-electron chi connectivity index (χ2n) is 4.82. The monoisotopic (exact) mass is 305 g/mol. The second kappa shape index (κ2) is 6.33. The van der Waals surface area contributed by atoms with Gasteiger partial charge in [0.1, 0.15) is 4.90 Å². The molecule has 0 radical (unpaired) electrons. The van der Waals surface area contributed by atoms with Gasteiger partial charge in [-0.2, -0.15) is 5.10 Å². The summed E-state index contributed by atoms with van der Waals surface area (Å²) in [6, 6.07) is -0.485. The van der Waals surface area contributed by atoms with Crippen LogP contribution in [0.25, 0.3) is 0 Å². The third kappa shape index (κ3) is 3.56. The highest BCUT2D eigenvalue weighted by atomic mass is 32.2. The second-order valence-corrected chi connectivity index (χ2v) is 6.47. The van der Waals surface area contributed by atoms with Crippen molar-refractivity contribution >= 4 is 16.0 Å². The van der Waals surface area contributed by atoms with Crippen LogP contribution < -0.4 is 4.72 Å². The zero-order valence-electron chi connectivity index (χ0n) is 11.5. The molecule has 114 valence electrons. The minimum absolute atomic E-state index is 0.0441. The number of aliphatic hydroxyl groups is 1. The first kappa shape index (κ1) is 16.6. The number of carboxylic acids is 1. The molecular formula is C11H19N3O5S. The van der Waals surface area contributed by atoms with Gasteiger partial charge in [0.05, 0.1) is 5.69 Å². The van der Waals surface area contributed by atoms with Gasteiger partial charge < -0.3 is 10.2 Å². The van der Waals surface area contributed by atoms with Crippen molar-refractivity contribution in [2.24, 2.45) is 5.92 Å². The number of carboxylic acid groups (broad SMARTS) is 1. The summed E-state index contributed by atoms with van der Waals surface area (Å²) in [5, 5.41) is 23.8. The van der Waals surface area contributed by atoms with Crippen LogP contribution >= 0.6 is 0 Å². The number of aromatic carboxylic acids is 1. The van der Waals surface area contributed by atoms with Crippen molar-refractivity contribution in [3.63, 3.8) is 0 Å². The highest BCUT2D eigenvalue weighted by Gasteiger charge is 2.30. The van der Waals surface area contributed by atoms with Gasteiger partial charge in [-0.25, -0.2) is 17.9 Å². The zero-order chi connectivity index (χ0) is 15.5. The summed E-state index contributed by atoms with van der Waals surface area (Å²) < 4.78 is 27.0. The van der Waals surface area contributed by atoms with Crippen molar-refractivity contribution in [2.75, 3.05) is 6.61 Å². The van der Waals surface area contributed by atoms with Gasteiger partial charge in [0.2, 0.25) is 10.0 Å². The molecule has 0 aliphatic heterocycles. The van der Waals surface area contributed by atoms with Crippen LogP contribution in [-0.4, -0.2) is 47.4 Å². The number of H-pyrrole nitrogens is 1. The molecule has 8 nitrogen and oxygen atoms in total. The molecule has 0 bridgehead atoms. The van der Waals surface area contributed by atoms with Crippen molar-refractivity contribution in [3.05, 3.63) is 11.4 Å². The van der Waals surface area contributed by atoms with Crippen LogP contribution in [0.2, 0.25) is 0 Å². The molecule has 1 aromatic heterocycles. The highest BCUT2D eigenvalue weighted by Crippen LogP contribution is 2.19. The van der Waals surface area contributed by atoms with E-state index < -0.39 is 27.7 Å². The summed E-state index contributed by atoms with van der Waals surface area (Å²) in [5.74, 6) is -1.46. The first-order valence-electron chi connectivity index (χ1n) is 6.12. The molecular weight excluding hydrogens is 286 g/mol. The molecule has 0 spiro atoms. The van der Waals surface area contributed by atoms with Crippen LogP contribution in [-0.2, 0) is 10.0 Å². The lowest BCUT2D eigenvalue weighted by molar-refractivity contribution is 0.0686. The summed E-state index contributed by atoms with van der Waals surface area (Å²) in [6.07, 6.45) is 0.246. The van der Waals surface area contributed by atoms with Crippen LogP contribution in [0, 0.1) is 12.8 Å². The summed E-state index contributed by atoms with van der Waals surface area (Å²) in [7, 11) is -4.03. The molecule has 0 aromatic carbocycles. The van der Waals surface area contributed by atoms with E-state index in [1.54, 1.807) is 0 Å². The number of hydrogen-bond acceptors (Lipinski definition) is 5. The number of aliphatic hydroxyl groups excluding tert-OH is 1. The SMILES string of the molecule is Cc1[nH]nc(C(=O)O)c1S(=O)(=O)NC(CCO)C(C)C. The number of hydrogen-bond donors (Lipinski definition) is 4. The lowest BCUT2D eigenvalue weighted by atomic mass is 10.0. The maximum absolute atomic E-state index is 12.3. The van der Waals surface area contributed by atoms with Crippen molar-refractivity contribution in [3.8, 4) is 0 Å². The quantitative estimate of drug-likeness (QED) is 0.565. The number of aromatic amines is 1. The zero-order valence-corrected chi connectivity index (χ0v) is 12.4. The van der Waals surface area contributed by atoms with Gasteiger partial charge in [0.15, 0.2) is 5.69 Å². The number of rotatable bonds is 7. The fourth-order valence-electron chi connectivity index (χ4n) is 1.82. The molecule has 9 heteroatoms. The van der Waals surface area contributed by atoms with E-state index in [4.69, 9.17) is 10.2 Å². The van der Waals surface area contributed by atoms with Gasteiger partial charge in [-0.1, -0.05) is 13.8 Å². The first-order valence-corrected chi connectivity index (χ1v) is 7.60. The lowest BCUT2D eigenvalue weighted by Crippen LogP contribution is -2.39. The molecule has 1 aromatic rings. The van der Waals surface area contributed by atoms with Gasteiger partial charge in [0, 0.05) is 12.6 Å². The molecule has 0 saturated heterocycles. The molecule has 0 saturated carbocycles. The number of carbonyl (C=O) groups is 1. The summed E-state index contributed by atoms with van der Waals surface area (Å²) in [4.78, 5) is 10.6. The molecule has 0 aliphatic carbocycles. The van der Waals surface area contributed by atoms with Gasteiger partial charge in [-0.05, 0) is 19.3 Å². The van der Waals surface area contributed by atoms with Crippen LogP contribution in [0.15, 0.2) is 4.90 Å². The van der Waals surface area contributed by atoms with Crippen molar-refractivity contribution < 1.29 is 23.4 Å². The Morgan fingerprint density at radius 3 is 2.50 bits per heavy atom. The fraction of sp³-hybridized carbons (Fsp3) is 0.636. The van der Waals surface area contributed by atoms with Crippen LogP contribution in [0.1, 0.15) is 36.5 Å². The molecule has 0 aliphatic rings. The van der Waals surface area contributed by atoms with E-state index in [1.807, 2.05) is 13.8 Å². The Kier molecular flexibility index (Phi) is 5.26. The van der Waals surface area contributed by atoms with E-state index in [1.165, 1.54) is 6.92 Å². The first-order chi connectivity index (χ1) is 9.20. The number of nitrogens with zero attached hydrogens (tertiary/aromatic N) is 1. The van der Waals surface area contributed by atoms with E-state index in [0.29, 0.717) is 0 Å². The Bertz CT molecular complexity index is 579. The molecule has 1 heterocycles. The van der Waals surface area contributed by atoms with Gasteiger partial charge in [0.25, 0.3) is 0 Å². The molecule has 0 amide bonds. The third-order valence-corrected chi connectivity index (χ3v) is 4.56. The summed E-state index contributed by atoms with van der Waals surface area (Å²) in [5.41, 5.74) is -0.386. The largest absolute Gasteiger partial charge is 0.476 e. The van der Waals surface area contributed by atoms with E-state index >= 15 is 0 Å². The van der Waals surface area contributed by atoms with E-state index in [2.05, 4.69) is 14.9 Å². The van der Waals surface area contributed by atoms with E-state index in [9.17, 15) is 13.2 Å². The van der Waals surface area contributed by atoms with Crippen LogP contribution in [0.3, 0.4) is 0 Å². The Hall–Kier alpha value is -1.45. The minimum atomic E-state index is -4.03. The number of sulfonamides is 1. The molecule has 1 rings (SSSR count). The fourth-order valence-corrected chi connectivity index (χ4v) is 3.56. The third-order valence-electron chi connectivity index (χ3n) is 2.91. The van der Waals surface area contributed by atoms with Gasteiger partial charge >= 0.3 is 5.97 Å². The number of aryl methyl sites for hydroxylation is 1. The number of nitrogens with one attached hydrogen (secondary N) is 2. The smallest absolute Gasteiger partial charge is 0.357 e. The van der Waals surface area contributed by atoms with Crippen molar-refractivity contribution in [1.82, 2.24) is 14.9 Å². The molecule has 1 atom stereocenters. The standard InChI is InChI=1S/C11H19N3O5S/c1-6(2)8(4-5-15)14-20(18,19)10-7(3)12-13-9(10)11(16)17/h6,8,14-15H,4-5H2,1-3H3,(H,12,13)(H,16,17). The average molecular weight is 305 g/mol. The predicted octanol–water partition coefficient (Wildman–Crippen LogP) is 0.102. The van der Waals surface area contributed by atoms with E-state index in [-0.39, 0.29) is 29.5 Å². The maximum atomic E-state index is 12.3. The van der Waals surface area contributed by atoms with Crippen molar-refractivity contribution in [1.29, 1.82) is 0 Å². The Balaban J connectivity index is 3.17. The normalized spacial score (nSPS) is 13.7. The molecule has 0 fully saturated rings. The molecule has 1 unspecified atom stereocenters. The molecule has 20 heavy (non-hydrogen) atoms. The predicted molar refractivity (Wildman–Crippen MR) is 70.9 cm³/mol. The Morgan fingerprint density at radius 2 is 2.05 bits per heavy atom. The Labute approximate surface area is 117 Å². The lowest BCUT2D eigenvalue weighted by Gasteiger charge is -2.21. The highest BCUT2D eigenvalue weighted by molar-refractivity contribution is 7.89. The minimum Gasteiger partial charge on any atom is -0.476 e. The van der Waals surface area contributed by atoms with Crippen LogP contribution in [0.5, 0.6) is 0 Å². The van der Waals surface area contributed by atoms with Gasteiger partial charge in [-0.3, -0.25) is 5.10 Å². The number of aromatic nitrogens is 2. The van der Waals surface area contributed by atoms with Crippen molar-refractivity contribution in [2.45, 2.75) is 38.1 Å². The Morgan fingerprint density at radius 1 is 1.45 bits per heavy atom. The maximum Gasteiger partial charge on any atom is 0.357 e.